The summed E-state index contributed by atoms with van der Waals surface area (Å²) in [6.45, 7) is 7.30. The van der Waals surface area contributed by atoms with Gasteiger partial charge in [-0.3, -0.25) is 0 Å². The summed E-state index contributed by atoms with van der Waals surface area (Å²) < 4.78 is 5.70. The van der Waals surface area contributed by atoms with Crippen LogP contribution in [0.3, 0.4) is 0 Å². The van der Waals surface area contributed by atoms with Crippen molar-refractivity contribution in [1.82, 2.24) is 5.32 Å². The summed E-state index contributed by atoms with van der Waals surface area (Å²) in [5.74, 6) is 0.808. The highest BCUT2D eigenvalue weighted by molar-refractivity contribution is 6.30. The third kappa shape index (κ3) is 5.78. The van der Waals surface area contributed by atoms with E-state index in [4.69, 9.17) is 16.3 Å². The number of nitrogens with one attached hydrogen (secondary N) is 2. The highest BCUT2D eigenvalue weighted by Crippen LogP contribution is 2.25. The number of hydrogen-bond acceptors (Lipinski definition) is 2. The summed E-state index contributed by atoms with van der Waals surface area (Å²) in [5.41, 5.74) is 1.99. The van der Waals surface area contributed by atoms with Gasteiger partial charge >= 0.3 is 6.03 Å². The van der Waals surface area contributed by atoms with Gasteiger partial charge in [0.05, 0.1) is 6.54 Å². The number of halogens is 1. The molecular weight excluding hydrogens is 324 g/mol. The molecule has 0 saturated heterocycles. The second kappa shape index (κ2) is 8.06. The third-order valence-corrected chi connectivity index (χ3v) is 3.71. The average Bonchev–Trinajstić information content (AvgIpc) is 2.53. The number of amides is 2. The van der Waals surface area contributed by atoms with Crippen molar-refractivity contribution in [2.24, 2.45) is 0 Å². The quantitative estimate of drug-likeness (QED) is 0.761. The molecule has 24 heavy (non-hydrogen) atoms. The molecule has 0 radical (unpaired) electrons. The van der Waals surface area contributed by atoms with Gasteiger partial charge in [0.2, 0.25) is 0 Å². The molecule has 2 aromatic rings. The lowest BCUT2D eigenvalue weighted by Crippen LogP contribution is -2.32. The van der Waals surface area contributed by atoms with Crippen molar-refractivity contribution < 1.29 is 9.53 Å². The number of carbonyl (C=O) groups excluding carboxylic acids is 1. The lowest BCUT2D eigenvalue weighted by molar-refractivity contribution is 0.247. The van der Waals surface area contributed by atoms with E-state index in [9.17, 15) is 4.79 Å². The highest BCUT2D eigenvalue weighted by atomic mass is 35.5. The maximum absolute atomic E-state index is 11.8. The van der Waals surface area contributed by atoms with Crippen molar-refractivity contribution in [3.63, 3.8) is 0 Å². The van der Waals surface area contributed by atoms with Gasteiger partial charge in [-0.1, -0.05) is 44.5 Å². The van der Waals surface area contributed by atoms with Crippen LogP contribution in [0.2, 0.25) is 5.02 Å². The van der Waals surface area contributed by atoms with Crippen molar-refractivity contribution in [3.8, 4) is 5.75 Å². The zero-order valence-corrected chi connectivity index (χ0v) is 15.0. The largest absolute Gasteiger partial charge is 0.492 e. The van der Waals surface area contributed by atoms with E-state index in [0.717, 1.165) is 5.75 Å². The average molecular weight is 347 g/mol. The number of urea groups is 1. The van der Waals surface area contributed by atoms with Gasteiger partial charge in [0.15, 0.2) is 0 Å². The molecule has 0 bridgehead atoms. The topological polar surface area (TPSA) is 50.4 Å². The highest BCUT2D eigenvalue weighted by Gasteiger charge is 2.13. The van der Waals surface area contributed by atoms with Gasteiger partial charge in [-0.15, -0.1) is 0 Å². The number of rotatable bonds is 5. The molecule has 0 aliphatic rings. The van der Waals surface area contributed by atoms with Crippen molar-refractivity contribution in [2.75, 3.05) is 18.5 Å². The molecule has 128 valence electrons. The predicted molar refractivity (Wildman–Crippen MR) is 99.1 cm³/mol. The number of ether oxygens (including phenoxy) is 1. The molecular formula is C19H23ClN2O2. The Bertz CT molecular complexity index is 679. The van der Waals surface area contributed by atoms with E-state index in [0.29, 0.717) is 23.9 Å². The molecule has 2 N–H and O–H groups in total. The summed E-state index contributed by atoms with van der Waals surface area (Å²) in [4.78, 5) is 11.8. The summed E-state index contributed by atoms with van der Waals surface area (Å²) >= 11 is 5.80. The van der Waals surface area contributed by atoms with Gasteiger partial charge in [0.25, 0.3) is 0 Å². The Labute approximate surface area is 148 Å². The zero-order valence-electron chi connectivity index (χ0n) is 14.2. The van der Waals surface area contributed by atoms with Crippen molar-refractivity contribution in [1.29, 1.82) is 0 Å². The minimum Gasteiger partial charge on any atom is -0.492 e. The van der Waals surface area contributed by atoms with E-state index in [2.05, 4.69) is 37.5 Å². The van der Waals surface area contributed by atoms with Crippen LogP contribution >= 0.6 is 11.6 Å². The van der Waals surface area contributed by atoms with Crippen LogP contribution in [0.4, 0.5) is 10.5 Å². The summed E-state index contributed by atoms with van der Waals surface area (Å²) in [7, 11) is 0. The Morgan fingerprint density at radius 2 is 1.83 bits per heavy atom. The SMILES string of the molecule is CC(C)(C)c1cccc(OCCNC(=O)Nc2ccc(Cl)cc2)c1. The van der Waals surface area contributed by atoms with Gasteiger partial charge in [-0.05, 0) is 47.4 Å². The van der Waals surface area contributed by atoms with Crippen molar-refractivity contribution in [2.45, 2.75) is 26.2 Å². The minimum absolute atomic E-state index is 0.0795. The fourth-order valence-corrected chi connectivity index (χ4v) is 2.22. The molecule has 5 heteroatoms. The number of hydrogen-bond donors (Lipinski definition) is 2. The first-order valence-corrected chi connectivity index (χ1v) is 8.26. The molecule has 0 heterocycles. The van der Waals surface area contributed by atoms with E-state index >= 15 is 0 Å². The predicted octanol–water partition coefficient (Wildman–Crippen LogP) is 4.84. The Kier molecular flexibility index (Phi) is 6.10. The molecule has 4 nitrogen and oxygen atoms in total. The van der Waals surface area contributed by atoms with Gasteiger partial charge in [-0.25, -0.2) is 4.79 Å². The van der Waals surface area contributed by atoms with Crippen LogP contribution < -0.4 is 15.4 Å². The monoisotopic (exact) mass is 346 g/mol. The third-order valence-electron chi connectivity index (χ3n) is 3.46. The molecule has 0 atom stereocenters. The Morgan fingerprint density at radius 1 is 1.12 bits per heavy atom. The van der Waals surface area contributed by atoms with E-state index in [1.807, 2.05) is 18.2 Å². The second-order valence-corrected chi connectivity index (χ2v) is 6.95. The van der Waals surface area contributed by atoms with E-state index in [-0.39, 0.29) is 11.4 Å². The first kappa shape index (κ1) is 18.1. The van der Waals surface area contributed by atoms with Crippen LogP contribution in [0.15, 0.2) is 48.5 Å². The van der Waals surface area contributed by atoms with Crippen LogP contribution in [0.5, 0.6) is 5.75 Å². The summed E-state index contributed by atoms with van der Waals surface area (Å²) in [5, 5.41) is 6.12. The molecule has 0 saturated carbocycles. The molecule has 2 rings (SSSR count). The minimum atomic E-state index is -0.274. The van der Waals surface area contributed by atoms with Gasteiger partial charge in [-0.2, -0.15) is 0 Å². The van der Waals surface area contributed by atoms with Crippen LogP contribution in [0.1, 0.15) is 26.3 Å². The molecule has 0 fully saturated rings. The van der Waals surface area contributed by atoms with Crippen molar-refractivity contribution in [3.05, 3.63) is 59.1 Å². The number of anilines is 1. The Hall–Kier alpha value is -2.20. The van der Waals surface area contributed by atoms with E-state index in [1.165, 1.54) is 5.56 Å². The molecule has 0 aliphatic carbocycles. The summed E-state index contributed by atoms with van der Waals surface area (Å²) in [6.07, 6.45) is 0. The van der Waals surface area contributed by atoms with Gasteiger partial charge < -0.3 is 15.4 Å². The number of benzene rings is 2. The lowest BCUT2D eigenvalue weighted by atomic mass is 9.87. The van der Waals surface area contributed by atoms with Crippen LogP contribution in [0, 0.1) is 0 Å². The van der Waals surface area contributed by atoms with Gasteiger partial charge in [0, 0.05) is 10.7 Å². The normalized spacial score (nSPS) is 11.0. The first-order chi connectivity index (χ1) is 11.3. The smallest absolute Gasteiger partial charge is 0.319 e. The first-order valence-electron chi connectivity index (χ1n) is 7.88. The van der Waals surface area contributed by atoms with Gasteiger partial charge in [0.1, 0.15) is 12.4 Å². The summed E-state index contributed by atoms with van der Waals surface area (Å²) in [6, 6.07) is 14.7. The number of carbonyl (C=O) groups is 1. The Morgan fingerprint density at radius 3 is 2.50 bits per heavy atom. The van der Waals surface area contributed by atoms with E-state index < -0.39 is 0 Å². The second-order valence-electron chi connectivity index (χ2n) is 6.51. The maximum atomic E-state index is 11.8. The molecule has 0 spiro atoms. The molecule has 2 aromatic carbocycles. The lowest BCUT2D eigenvalue weighted by Gasteiger charge is -2.19. The molecule has 0 unspecified atom stereocenters. The van der Waals surface area contributed by atoms with E-state index in [1.54, 1.807) is 24.3 Å². The van der Waals surface area contributed by atoms with Crippen LogP contribution in [-0.4, -0.2) is 19.2 Å². The maximum Gasteiger partial charge on any atom is 0.319 e. The van der Waals surface area contributed by atoms with Crippen LogP contribution in [0.25, 0.3) is 0 Å². The zero-order chi connectivity index (χ0) is 17.6. The standard InChI is InChI=1S/C19H23ClN2O2/c1-19(2,3)14-5-4-6-17(13-14)24-12-11-21-18(23)22-16-9-7-15(20)8-10-16/h4-10,13H,11-12H2,1-3H3,(H2,21,22,23). The molecule has 2 amide bonds. The molecule has 0 aliphatic heterocycles. The van der Waals surface area contributed by atoms with Crippen molar-refractivity contribution >= 4 is 23.3 Å². The van der Waals surface area contributed by atoms with Crippen LogP contribution in [-0.2, 0) is 5.41 Å². The Balaban J connectivity index is 1.74. The fourth-order valence-electron chi connectivity index (χ4n) is 2.09. The fraction of sp³-hybridized carbons (Fsp3) is 0.316. The molecule has 0 aromatic heterocycles.